The molecule has 23 heavy (non-hydrogen) atoms. The Morgan fingerprint density at radius 2 is 2.26 bits per heavy atom. The lowest BCUT2D eigenvalue weighted by atomic mass is 10.00. The molecule has 2 heterocycles. The van der Waals surface area contributed by atoms with Crippen molar-refractivity contribution in [3.8, 4) is 0 Å². The Kier molecular flexibility index (Phi) is 5.81. The number of rotatable bonds is 7. The first kappa shape index (κ1) is 17.1. The third kappa shape index (κ3) is 4.13. The molecule has 1 aromatic rings. The van der Waals surface area contributed by atoms with Gasteiger partial charge in [0.2, 0.25) is 0 Å². The highest BCUT2D eigenvalue weighted by atomic mass is 16.5. The standard InChI is InChI=1S/C16H23N3O4/c1-4-11-14(15(20)22-5-2)12(19-16(21)18-11)9-17-10(3)13-7-6-8-23-13/h6-8,10-11,17H,4-5,9H2,1-3H3,(H2,18,19,21)/t10-,11-/m1/s1. The number of hydrogen-bond acceptors (Lipinski definition) is 5. The predicted octanol–water partition coefficient (Wildman–Crippen LogP) is 1.84. The highest BCUT2D eigenvalue weighted by Crippen LogP contribution is 2.18. The van der Waals surface area contributed by atoms with Gasteiger partial charge in [-0.05, 0) is 32.4 Å². The van der Waals surface area contributed by atoms with Crippen LogP contribution < -0.4 is 16.0 Å². The number of amides is 2. The molecule has 126 valence electrons. The molecule has 2 amide bonds. The van der Waals surface area contributed by atoms with Gasteiger partial charge in [0, 0.05) is 12.2 Å². The van der Waals surface area contributed by atoms with Crippen molar-refractivity contribution in [2.75, 3.05) is 13.2 Å². The summed E-state index contributed by atoms with van der Waals surface area (Å²) in [7, 11) is 0. The van der Waals surface area contributed by atoms with Gasteiger partial charge in [0.25, 0.3) is 0 Å². The van der Waals surface area contributed by atoms with E-state index in [1.54, 1.807) is 13.2 Å². The second-order valence-corrected chi connectivity index (χ2v) is 5.29. The maximum absolute atomic E-state index is 12.2. The zero-order chi connectivity index (χ0) is 16.8. The molecular weight excluding hydrogens is 298 g/mol. The summed E-state index contributed by atoms with van der Waals surface area (Å²) in [6.07, 6.45) is 2.22. The molecular formula is C16H23N3O4. The molecule has 0 spiro atoms. The fourth-order valence-corrected chi connectivity index (χ4v) is 2.49. The van der Waals surface area contributed by atoms with Crippen LogP contribution in [0.3, 0.4) is 0 Å². The van der Waals surface area contributed by atoms with Crippen LogP contribution in [0.4, 0.5) is 4.79 Å². The molecule has 3 N–H and O–H groups in total. The summed E-state index contributed by atoms with van der Waals surface area (Å²) >= 11 is 0. The minimum Gasteiger partial charge on any atom is -0.468 e. The first-order valence-corrected chi connectivity index (χ1v) is 7.81. The Morgan fingerprint density at radius 1 is 1.48 bits per heavy atom. The molecule has 2 atom stereocenters. The van der Waals surface area contributed by atoms with Gasteiger partial charge in [0.1, 0.15) is 5.76 Å². The van der Waals surface area contributed by atoms with Crippen LogP contribution >= 0.6 is 0 Å². The number of furan rings is 1. The largest absolute Gasteiger partial charge is 0.468 e. The van der Waals surface area contributed by atoms with Crippen LogP contribution in [0, 0.1) is 0 Å². The van der Waals surface area contributed by atoms with Gasteiger partial charge < -0.3 is 25.1 Å². The van der Waals surface area contributed by atoms with Gasteiger partial charge in [-0.3, -0.25) is 0 Å². The van der Waals surface area contributed by atoms with E-state index in [1.165, 1.54) is 0 Å². The topological polar surface area (TPSA) is 92.6 Å². The number of carbonyl (C=O) groups excluding carboxylic acids is 2. The lowest BCUT2D eigenvalue weighted by molar-refractivity contribution is -0.139. The minimum atomic E-state index is -0.408. The molecule has 2 rings (SSSR count). The number of nitrogens with one attached hydrogen (secondary N) is 3. The van der Waals surface area contributed by atoms with Crippen molar-refractivity contribution in [2.24, 2.45) is 0 Å². The lowest BCUT2D eigenvalue weighted by Gasteiger charge is -2.29. The van der Waals surface area contributed by atoms with E-state index < -0.39 is 5.97 Å². The first-order chi connectivity index (χ1) is 11.1. The molecule has 0 aromatic carbocycles. The molecule has 1 aliphatic heterocycles. The fraction of sp³-hybridized carbons (Fsp3) is 0.500. The van der Waals surface area contributed by atoms with E-state index in [0.717, 1.165) is 5.76 Å². The van der Waals surface area contributed by atoms with Gasteiger partial charge in [-0.1, -0.05) is 6.92 Å². The summed E-state index contributed by atoms with van der Waals surface area (Å²) in [5, 5.41) is 8.70. The third-order valence-corrected chi connectivity index (χ3v) is 3.70. The van der Waals surface area contributed by atoms with Crippen molar-refractivity contribution in [3.05, 3.63) is 35.4 Å². The normalized spacial score (nSPS) is 19.1. The second-order valence-electron chi connectivity index (χ2n) is 5.29. The molecule has 0 fully saturated rings. The van der Waals surface area contributed by atoms with Gasteiger partial charge in [0.15, 0.2) is 0 Å². The van der Waals surface area contributed by atoms with Crippen LogP contribution in [0.2, 0.25) is 0 Å². The summed E-state index contributed by atoms with van der Waals surface area (Å²) in [6, 6.07) is 2.98. The third-order valence-electron chi connectivity index (χ3n) is 3.70. The van der Waals surface area contributed by atoms with Crippen molar-refractivity contribution in [2.45, 2.75) is 39.3 Å². The molecule has 0 unspecified atom stereocenters. The van der Waals surface area contributed by atoms with E-state index in [0.29, 0.717) is 24.2 Å². The van der Waals surface area contributed by atoms with Crippen molar-refractivity contribution in [3.63, 3.8) is 0 Å². The smallest absolute Gasteiger partial charge is 0.337 e. The van der Waals surface area contributed by atoms with E-state index in [-0.39, 0.29) is 24.7 Å². The fourth-order valence-electron chi connectivity index (χ4n) is 2.49. The van der Waals surface area contributed by atoms with Gasteiger partial charge in [-0.2, -0.15) is 0 Å². The van der Waals surface area contributed by atoms with Crippen LogP contribution in [0.1, 0.15) is 39.0 Å². The predicted molar refractivity (Wildman–Crippen MR) is 84.5 cm³/mol. The Hall–Kier alpha value is -2.28. The van der Waals surface area contributed by atoms with Gasteiger partial charge in [-0.25, -0.2) is 9.59 Å². The monoisotopic (exact) mass is 321 g/mol. The maximum Gasteiger partial charge on any atom is 0.337 e. The van der Waals surface area contributed by atoms with E-state index >= 15 is 0 Å². The Labute approximate surface area is 135 Å². The molecule has 0 bridgehead atoms. The van der Waals surface area contributed by atoms with Crippen LogP contribution in [-0.4, -0.2) is 31.2 Å². The second kappa shape index (κ2) is 7.82. The molecule has 0 aliphatic carbocycles. The highest BCUT2D eigenvalue weighted by molar-refractivity contribution is 5.94. The Bertz CT molecular complexity index is 580. The van der Waals surface area contributed by atoms with Crippen LogP contribution in [-0.2, 0) is 9.53 Å². The van der Waals surface area contributed by atoms with Crippen molar-refractivity contribution in [1.29, 1.82) is 0 Å². The quantitative estimate of drug-likeness (QED) is 0.666. The zero-order valence-electron chi connectivity index (χ0n) is 13.6. The summed E-state index contributed by atoms with van der Waals surface area (Å²) < 4.78 is 10.5. The number of ether oxygens (including phenoxy) is 1. The SMILES string of the molecule is CCOC(=O)C1=C(CN[C@H](C)c2ccco2)NC(=O)N[C@@H]1CC. The zero-order valence-corrected chi connectivity index (χ0v) is 13.6. The van der Waals surface area contributed by atoms with E-state index in [4.69, 9.17) is 9.15 Å². The van der Waals surface area contributed by atoms with Gasteiger partial charge in [-0.15, -0.1) is 0 Å². The van der Waals surface area contributed by atoms with E-state index in [9.17, 15) is 9.59 Å². The van der Waals surface area contributed by atoms with Crippen molar-refractivity contribution >= 4 is 12.0 Å². The van der Waals surface area contributed by atoms with E-state index in [2.05, 4.69) is 16.0 Å². The summed E-state index contributed by atoms with van der Waals surface area (Å²) in [6.45, 7) is 6.23. The summed E-state index contributed by atoms with van der Waals surface area (Å²) in [4.78, 5) is 24.0. The molecule has 0 saturated carbocycles. The molecule has 1 aromatic heterocycles. The van der Waals surface area contributed by atoms with Crippen molar-refractivity contribution in [1.82, 2.24) is 16.0 Å². The lowest BCUT2D eigenvalue weighted by Crippen LogP contribution is -2.51. The van der Waals surface area contributed by atoms with E-state index in [1.807, 2.05) is 26.0 Å². The number of esters is 1. The van der Waals surface area contributed by atoms with Crippen LogP contribution in [0.25, 0.3) is 0 Å². The first-order valence-electron chi connectivity index (χ1n) is 7.81. The van der Waals surface area contributed by atoms with Crippen molar-refractivity contribution < 1.29 is 18.7 Å². The Balaban J connectivity index is 2.17. The van der Waals surface area contributed by atoms with Gasteiger partial charge >= 0.3 is 12.0 Å². The highest BCUT2D eigenvalue weighted by Gasteiger charge is 2.31. The minimum absolute atomic E-state index is 0.0483. The summed E-state index contributed by atoms with van der Waals surface area (Å²) in [5.41, 5.74) is 1.01. The average Bonchev–Trinajstić information content (AvgIpc) is 3.06. The molecule has 1 aliphatic rings. The molecule has 7 nitrogen and oxygen atoms in total. The Morgan fingerprint density at radius 3 is 2.87 bits per heavy atom. The van der Waals surface area contributed by atoms with Crippen LogP contribution in [0.15, 0.2) is 34.1 Å². The molecule has 0 saturated heterocycles. The maximum atomic E-state index is 12.2. The summed E-state index contributed by atoms with van der Waals surface area (Å²) in [5.74, 6) is 0.380. The molecule has 7 heteroatoms. The number of urea groups is 1. The van der Waals surface area contributed by atoms with Crippen LogP contribution in [0.5, 0.6) is 0 Å². The molecule has 0 radical (unpaired) electrons. The number of carbonyl (C=O) groups is 2. The van der Waals surface area contributed by atoms with Gasteiger partial charge in [0.05, 0.1) is 30.5 Å². The average molecular weight is 321 g/mol. The number of hydrogen-bond donors (Lipinski definition) is 3.